The zero-order valence-electron chi connectivity index (χ0n) is 5.42. The molecule has 1 unspecified atom stereocenters. The van der Waals surface area contributed by atoms with Crippen LogP contribution in [0.3, 0.4) is 0 Å². The quantitative estimate of drug-likeness (QED) is 0.428. The average Bonchev–Trinajstić information content (AvgIpc) is 2.34. The molecule has 0 spiro atoms. The second kappa shape index (κ2) is 3.55. The van der Waals surface area contributed by atoms with Gasteiger partial charge in [-0.15, -0.1) is 0 Å². The summed E-state index contributed by atoms with van der Waals surface area (Å²) in [7, 11) is 2.65. The molecule has 1 aliphatic heterocycles. The first-order chi connectivity index (χ1) is 4.36. The Morgan fingerprint density at radius 3 is 2.78 bits per heavy atom. The van der Waals surface area contributed by atoms with Crippen molar-refractivity contribution in [3.63, 3.8) is 0 Å². The zero-order valence-corrected chi connectivity index (χ0v) is 6.57. The Balaban J connectivity index is 2.20. The SMILES string of the molecule is OC[C@@H]1CC[C@H](BP)O1. The maximum absolute atomic E-state index is 8.65. The highest BCUT2D eigenvalue weighted by Crippen LogP contribution is 2.18. The molecule has 0 amide bonds. The van der Waals surface area contributed by atoms with Crippen LogP contribution < -0.4 is 0 Å². The van der Waals surface area contributed by atoms with E-state index in [1.807, 2.05) is 0 Å². The van der Waals surface area contributed by atoms with Crippen molar-refractivity contribution in [1.82, 2.24) is 0 Å². The van der Waals surface area contributed by atoms with Crippen molar-refractivity contribution in [2.75, 3.05) is 6.61 Å². The van der Waals surface area contributed by atoms with Crippen LogP contribution in [0.25, 0.3) is 0 Å². The van der Waals surface area contributed by atoms with Crippen molar-refractivity contribution >= 4 is 16.1 Å². The predicted molar refractivity (Wildman–Crippen MR) is 41.8 cm³/mol. The van der Waals surface area contributed by atoms with Crippen molar-refractivity contribution in [1.29, 1.82) is 0 Å². The first-order valence-electron chi connectivity index (χ1n) is 3.33. The summed E-state index contributed by atoms with van der Waals surface area (Å²) in [6.45, 7) is 1.18. The van der Waals surface area contributed by atoms with Gasteiger partial charge in [-0.1, -0.05) is 0 Å². The van der Waals surface area contributed by atoms with Crippen molar-refractivity contribution in [3.05, 3.63) is 0 Å². The Hall–Kier alpha value is 0.415. The molecule has 4 heteroatoms. The summed E-state index contributed by atoms with van der Waals surface area (Å²) in [5.74, 6) is 0. The van der Waals surface area contributed by atoms with Crippen LogP contribution in [0.1, 0.15) is 12.8 Å². The Kier molecular flexibility index (Phi) is 2.97. The Labute approximate surface area is 58.4 Å². The van der Waals surface area contributed by atoms with Gasteiger partial charge in [-0.25, -0.2) is 0 Å². The molecule has 1 saturated heterocycles. The van der Waals surface area contributed by atoms with E-state index >= 15 is 0 Å². The minimum Gasteiger partial charge on any atom is -0.394 e. The molecule has 0 bridgehead atoms. The van der Waals surface area contributed by atoms with Gasteiger partial charge in [0.25, 0.3) is 0 Å². The molecule has 1 N–H and O–H groups in total. The molecule has 1 aliphatic rings. The molecule has 0 aromatic heterocycles. The van der Waals surface area contributed by atoms with Crippen LogP contribution in [0.15, 0.2) is 0 Å². The van der Waals surface area contributed by atoms with Crippen molar-refractivity contribution in [2.24, 2.45) is 0 Å². The van der Waals surface area contributed by atoms with Crippen LogP contribution >= 0.6 is 9.12 Å². The zero-order chi connectivity index (χ0) is 6.69. The molecule has 1 rings (SSSR count). The molecule has 3 atom stereocenters. The molecular formula is C5H12BO2P. The Bertz CT molecular complexity index is 81.0. The predicted octanol–water partition coefficient (Wildman–Crippen LogP) is -0.290. The summed E-state index contributed by atoms with van der Waals surface area (Å²) >= 11 is 0. The number of aliphatic hydroxyl groups excluding tert-OH is 1. The van der Waals surface area contributed by atoms with Gasteiger partial charge in [0, 0.05) is 6.00 Å². The summed E-state index contributed by atoms with van der Waals surface area (Å²) in [5, 5.41) is 8.65. The van der Waals surface area contributed by atoms with Gasteiger partial charge in [-0.2, -0.15) is 9.12 Å². The van der Waals surface area contributed by atoms with Crippen molar-refractivity contribution < 1.29 is 9.84 Å². The third kappa shape index (κ3) is 1.92. The monoisotopic (exact) mass is 146 g/mol. The number of aliphatic hydroxyl groups is 1. The number of rotatable bonds is 2. The summed E-state index contributed by atoms with van der Waals surface area (Å²) in [6, 6.07) is 0.382. The number of hydrogen-bond donors (Lipinski definition) is 1. The normalized spacial score (nSPS) is 34.9. The minimum atomic E-state index is 0.121. The maximum Gasteiger partial charge on any atom is 0.180 e. The Morgan fingerprint density at radius 1 is 1.67 bits per heavy atom. The number of hydrogen-bond acceptors (Lipinski definition) is 2. The topological polar surface area (TPSA) is 29.5 Å². The van der Waals surface area contributed by atoms with E-state index in [0.29, 0.717) is 6.00 Å². The van der Waals surface area contributed by atoms with Crippen LogP contribution in [-0.2, 0) is 4.74 Å². The van der Waals surface area contributed by atoms with Gasteiger partial charge in [0.2, 0.25) is 0 Å². The molecule has 0 radical (unpaired) electrons. The fourth-order valence-electron chi connectivity index (χ4n) is 1.09. The van der Waals surface area contributed by atoms with Gasteiger partial charge in [-0.05, 0) is 12.8 Å². The third-order valence-corrected chi connectivity index (χ3v) is 2.19. The van der Waals surface area contributed by atoms with E-state index in [0.717, 1.165) is 19.8 Å². The van der Waals surface area contributed by atoms with Gasteiger partial charge < -0.3 is 9.84 Å². The first-order valence-corrected chi connectivity index (χ1v) is 4.15. The summed E-state index contributed by atoms with van der Waals surface area (Å²) in [4.78, 5) is 0. The standard InChI is InChI=1S/C5H12BO2P/c7-3-4-1-2-5(6-9)8-4/h4-7H,1-3,9H2/t4-,5+/m0/s1. The average molecular weight is 146 g/mol. The summed E-state index contributed by atoms with van der Waals surface area (Å²) < 4.78 is 5.39. The van der Waals surface area contributed by atoms with E-state index in [4.69, 9.17) is 9.84 Å². The maximum atomic E-state index is 8.65. The third-order valence-electron chi connectivity index (χ3n) is 1.66. The second-order valence-corrected chi connectivity index (χ2v) is 2.85. The molecule has 0 aliphatic carbocycles. The molecule has 0 saturated carbocycles. The van der Waals surface area contributed by atoms with E-state index in [-0.39, 0.29) is 12.7 Å². The lowest BCUT2D eigenvalue weighted by Gasteiger charge is -2.07. The lowest BCUT2D eigenvalue weighted by Crippen LogP contribution is -2.16. The molecule has 52 valence electrons. The highest BCUT2D eigenvalue weighted by Gasteiger charge is 2.22. The second-order valence-electron chi connectivity index (χ2n) is 2.38. The van der Waals surface area contributed by atoms with E-state index in [2.05, 4.69) is 9.12 Å². The van der Waals surface area contributed by atoms with E-state index < -0.39 is 0 Å². The van der Waals surface area contributed by atoms with Crippen LogP contribution in [0.2, 0.25) is 0 Å². The van der Waals surface area contributed by atoms with Crippen LogP contribution in [-0.4, -0.2) is 30.8 Å². The van der Waals surface area contributed by atoms with Gasteiger partial charge in [0.05, 0.1) is 12.7 Å². The number of ether oxygens (including phenoxy) is 1. The fraction of sp³-hybridized carbons (Fsp3) is 1.00. The highest BCUT2D eigenvalue weighted by molar-refractivity contribution is 7.55. The molecular weight excluding hydrogens is 134 g/mol. The van der Waals surface area contributed by atoms with Crippen LogP contribution in [0.5, 0.6) is 0 Å². The van der Waals surface area contributed by atoms with Gasteiger partial charge in [0.15, 0.2) is 7.00 Å². The molecule has 9 heavy (non-hydrogen) atoms. The Morgan fingerprint density at radius 2 is 2.44 bits per heavy atom. The van der Waals surface area contributed by atoms with Gasteiger partial charge >= 0.3 is 0 Å². The van der Waals surface area contributed by atoms with Crippen molar-refractivity contribution in [2.45, 2.75) is 24.9 Å². The minimum absolute atomic E-state index is 0.121. The molecule has 1 heterocycles. The first kappa shape index (κ1) is 7.52. The molecule has 0 aromatic rings. The van der Waals surface area contributed by atoms with Crippen LogP contribution in [0, 0.1) is 0 Å². The van der Waals surface area contributed by atoms with E-state index in [9.17, 15) is 0 Å². The summed E-state index contributed by atoms with van der Waals surface area (Å²) in [6.07, 6.45) is 2.25. The molecule has 0 aromatic carbocycles. The largest absolute Gasteiger partial charge is 0.394 e. The fourth-order valence-corrected chi connectivity index (χ4v) is 1.43. The highest BCUT2D eigenvalue weighted by atomic mass is 31.0. The smallest absolute Gasteiger partial charge is 0.180 e. The molecule has 1 fully saturated rings. The van der Waals surface area contributed by atoms with Crippen molar-refractivity contribution in [3.8, 4) is 0 Å². The lowest BCUT2D eigenvalue weighted by molar-refractivity contribution is 0.0428. The van der Waals surface area contributed by atoms with Gasteiger partial charge in [-0.3, -0.25) is 0 Å². The lowest BCUT2D eigenvalue weighted by atomic mass is 9.95. The molecule has 2 nitrogen and oxygen atoms in total. The van der Waals surface area contributed by atoms with E-state index in [1.54, 1.807) is 0 Å². The summed E-state index contributed by atoms with van der Waals surface area (Å²) in [5.41, 5.74) is 0. The van der Waals surface area contributed by atoms with Gasteiger partial charge in [0.1, 0.15) is 0 Å². The van der Waals surface area contributed by atoms with Crippen LogP contribution in [0.4, 0.5) is 0 Å². The van der Waals surface area contributed by atoms with E-state index in [1.165, 1.54) is 0 Å².